The van der Waals surface area contributed by atoms with Crippen molar-refractivity contribution in [2.75, 3.05) is 13.2 Å². The number of H-pyrrole nitrogens is 2. The van der Waals surface area contributed by atoms with Crippen LogP contribution in [0.3, 0.4) is 0 Å². The topological polar surface area (TPSA) is 91.1 Å². The summed E-state index contributed by atoms with van der Waals surface area (Å²) in [4.78, 5) is 37.1. The molecule has 2 N–H and O–H groups in total. The van der Waals surface area contributed by atoms with Gasteiger partial charge < -0.3 is 19.6 Å². The molecule has 0 spiro atoms. The van der Waals surface area contributed by atoms with Crippen LogP contribution in [0.4, 0.5) is 0 Å². The molecule has 0 unspecified atom stereocenters. The van der Waals surface area contributed by atoms with E-state index in [2.05, 4.69) is 15.0 Å². The van der Waals surface area contributed by atoms with Gasteiger partial charge in [0.15, 0.2) is 12.4 Å². The third-order valence-corrected chi connectivity index (χ3v) is 4.67. The van der Waals surface area contributed by atoms with Crippen molar-refractivity contribution in [3.8, 4) is 5.75 Å². The number of aromatic nitrogens is 3. The minimum atomic E-state index is -0.232. The Morgan fingerprint density at radius 3 is 3.04 bits per heavy atom. The Bertz CT molecular complexity index is 974. The van der Waals surface area contributed by atoms with E-state index >= 15 is 0 Å². The summed E-state index contributed by atoms with van der Waals surface area (Å²) in [5.41, 5.74) is 2.37. The quantitative estimate of drug-likeness (QED) is 0.754. The zero-order valence-electron chi connectivity index (χ0n) is 14.5. The molecule has 1 fully saturated rings. The van der Waals surface area contributed by atoms with E-state index in [1.807, 2.05) is 24.3 Å². The summed E-state index contributed by atoms with van der Waals surface area (Å²) in [6.07, 6.45) is 3.26. The first-order chi connectivity index (χ1) is 12.6. The molecule has 3 aromatic rings. The second-order valence-electron chi connectivity index (χ2n) is 6.52. The number of benzene rings is 1. The van der Waals surface area contributed by atoms with Crippen LogP contribution in [-0.2, 0) is 4.79 Å². The number of nitrogens with one attached hydrogen (secondary N) is 2. The number of pyridine rings is 1. The van der Waals surface area contributed by atoms with E-state index in [0.29, 0.717) is 6.54 Å². The number of aryl methyl sites for hydroxylation is 1. The lowest BCUT2D eigenvalue weighted by molar-refractivity contribution is -0.134. The van der Waals surface area contributed by atoms with E-state index in [4.69, 9.17) is 4.74 Å². The van der Waals surface area contributed by atoms with Crippen LogP contribution in [0.15, 0.2) is 41.3 Å². The van der Waals surface area contributed by atoms with Gasteiger partial charge in [0.1, 0.15) is 5.82 Å². The number of ether oxygens (including phenoxy) is 1. The number of para-hydroxylation sites is 2. The van der Waals surface area contributed by atoms with E-state index in [1.54, 1.807) is 11.8 Å². The molecule has 1 saturated heterocycles. The highest BCUT2D eigenvalue weighted by molar-refractivity contribution is 5.79. The first kappa shape index (κ1) is 16.4. The highest BCUT2D eigenvalue weighted by atomic mass is 16.5. The van der Waals surface area contributed by atoms with Gasteiger partial charge >= 0.3 is 0 Å². The first-order valence-corrected chi connectivity index (χ1v) is 8.68. The molecular formula is C19H20N4O3. The number of fused-ring (bicyclic) bond motifs is 1. The number of likely N-dealkylation sites (tertiary alicyclic amines) is 1. The Hall–Kier alpha value is -3.09. The van der Waals surface area contributed by atoms with Gasteiger partial charge in [-0.2, -0.15) is 0 Å². The Labute approximate surface area is 150 Å². The van der Waals surface area contributed by atoms with Gasteiger partial charge in [0.05, 0.1) is 17.1 Å². The van der Waals surface area contributed by atoms with Crippen molar-refractivity contribution in [2.24, 2.45) is 0 Å². The molecule has 0 saturated carbocycles. The molecule has 4 rings (SSSR count). The Kier molecular flexibility index (Phi) is 4.20. The van der Waals surface area contributed by atoms with Crippen molar-refractivity contribution in [1.82, 2.24) is 19.9 Å². The van der Waals surface area contributed by atoms with Gasteiger partial charge in [-0.15, -0.1) is 0 Å². The van der Waals surface area contributed by atoms with Crippen molar-refractivity contribution < 1.29 is 9.53 Å². The summed E-state index contributed by atoms with van der Waals surface area (Å²) in [6, 6.07) is 9.18. The van der Waals surface area contributed by atoms with Gasteiger partial charge in [0.25, 0.3) is 5.91 Å². The minimum Gasteiger partial charge on any atom is -0.478 e. The molecule has 134 valence electrons. The minimum absolute atomic E-state index is 0.0881. The third-order valence-electron chi connectivity index (χ3n) is 4.67. The summed E-state index contributed by atoms with van der Waals surface area (Å²) in [7, 11) is 0. The lowest BCUT2D eigenvalue weighted by Crippen LogP contribution is -2.35. The monoisotopic (exact) mass is 352 g/mol. The normalized spacial score (nSPS) is 17.0. The SMILES string of the molecule is Cc1cc(=O)c(OCC(=O)N2CCC[C@H]2c2nc3ccccc3[nH]2)c[nH]1. The molecule has 1 aliphatic rings. The molecule has 26 heavy (non-hydrogen) atoms. The molecule has 0 bridgehead atoms. The Morgan fingerprint density at radius 2 is 2.23 bits per heavy atom. The van der Waals surface area contributed by atoms with Crippen LogP contribution in [0, 0.1) is 6.92 Å². The Morgan fingerprint density at radius 1 is 1.38 bits per heavy atom. The highest BCUT2D eigenvalue weighted by Crippen LogP contribution is 2.31. The van der Waals surface area contributed by atoms with E-state index in [1.165, 1.54) is 12.3 Å². The zero-order valence-corrected chi connectivity index (χ0v) is 14.5. The Balaban J connectivity index is 1.48. The molecule has 1 aromatic carbocycles. The smallest absolute Gasteiger partial charge is 0.261 e. The van der Waals surface area contributed by atoms with Gasteiger partial charge in [-0.25, -0.2) is 4.98 Å². The maximum absolute atomic E-state index is 12.6. The maximum Gasteiger partial charge on any atom is 0.261 e. The van der Waals surface area contributed by atoms with Crippen molar-refractivity contribution in [3.63, 3.8) is 0 Å². The number of hydrogen-bond donors (Lipinski definition) is 2. The van der Waals surface area contributed by atoms with Gasteiger partial charge in [0.2, 0.25) is 5.43 Å². The largest absolute Gasteiger partial charge is 0.478 e. The number of carbonyl (C=O) groups excluding carboxylic acids is 1. The zero-order chi connectivity index (χ0) is 18.1. The van der Waals surface area contributed by atoms with E-state index < -0.39 is 0 Å². The van der Waals surface area contributed by atoms with Crippen LogP contribution in [0.2, 0.25) is 0 Å². The second kappa shape index (κ2) is 6.67. The molecule has 0 aliphatic carbocycles. The molecule has 3 heterocycles. The number of rotatable bonds is 4. The standard InChI is InChI=1S/C19H20N4O3/c1-12-9-16(24)17(10-20-12)26-11-18(25)23-8-4-7-15(23)19-21-13-5-2-3-6-14(13)22-19/h2-3,5-6,9-10,15H,4,7-8,11H2,1H3,(H,20,24)(H,21,22)/t15-/m0/s1. The molecule has 1 atom stereocenters. The second-order valence-corrected chi connectivity index (χ2v) is 6.52. The lowest BCUT2D eigenvalue weighted by atomic mass is 10.2. The summed E-state index contributed by atoms with van der Waals surface area (Å²) < 4.78 is 5.44. The molecule has 7 heteroatoms. The van der Waals surface area contributed by atoms with Crippen LogP contribution in [-0.4, -0.2) is 38.9 Å². The summed E-state index contributed by atoms with van der Waals surface area (Å²) in [5.74, 6) is 0.807. The highest BCUT2D eigenvalue weighted by Gasteiger charge is 2.32. The number of hydrogen-bond acceptors (Lipinski definition) is 4. The van der Waals surface area contributed by atoms with Crippen LogP contribution < -0.4 is 10.2 Å². The van der Waals surface area contributed by atoms with Crippen LogP contribution in [0.5, 0.6) is 5.75 Å². The molecule has 1 aliphatic heterocycles. The van der Waals surface area contributed by atoms with Crippen LogP contribution >= 0.6 is 0 Å². The van der Waals surface area contributed by atoms with Crippen molar-refractivity contribution in [3.05, 3.63) is 58.3 Å². The number of carbonyl (C=O) groups is 1. The first-order valence-electron chi connectivity index (χ1n) is 8.68. The summed E-state index contributed by atoms with van der Waals surface area (Å²) >= 11 is 0. The molecule has 0 radical (unpaired) electrons. The third kappa shape index (κ3) is 3.08. The van der Waals surface area contributed by atoms with Crippen molar-refractivity contribution >= 4 is 16.9 Å². The van der Waals surface area contributed by atoms with Gasteiger partial charge in [-0.05, 0) is 31.9 Å². The molecular weight excluding hydrogens is 332 g/mol. The number of aromatic amines is 2. The fraction of sp³-hybridized carbons (Fsp3) is 0.316. The van der Waals surface area contributed by atoms with Gasteiger partial charge in [0, 0.05) is 24.5 Å². The predicted molar refractivity (Wildman–Crippen MR) is 97.1 cm³/mol. The molecule has 2 aromatic heterocycles. The van der Waals surface area contributed by atoms with Gasteiger partial charge in [-0.3, -0.25) is 9.59 Å². The number of imidazole rings is 1. The van der Waals surface area contributed by atoms with Gasteiger partial charge in [-0.1, -0.05) is 12.1 Å². The van der Waals surface area contributed by atoms with Crippen LogP contribution in [0.25, 0.3) is 11.0 Å². The van der Waals surface area contributed by atoms with E-state index in [-0.39, 0.29) is 29.7 Å². The molecule has 7 nitrogen and oxygen atoms in total. The maximum atomic E-state index is 12.6. The van der Waals surface area contributed by atoms with E-state index in [9.17, 15) is 9.59 Å². The number of nitrogens with zero attached hydrogens (tertiary/aromatic N) is 2. The van der Waals surface area contributed by atoms with Crippen molar-refractivity contribution in [1.29, 1.82) is 0 Å². The van der Waals surface area contributed by atoms with Crippen LogP contribution in [0.1, 0.15) is 30.4 Å². The lowest BCUT2D eigenvalue weighted by Gasteiger charge is -2.23. The fourth-order valence-corrected chi connectivity index (χ4v) is 3.37. The average molecular weight is 352 g/mol. The predicted octanol–water partition coefficient (Wildman–Crippen LogP) is 2.30. The fourth-order valence-electron chi connectivity index (χ4n) is 3.37. The number of amides is 1. The van der Waals surface area contributed by atoms with E-state index in [0.717, 1.165) is 35.4 Å². The average Bonchev–Trinajstić information content (AvgIpc) is 3.27. The summed E-state index contributed by atoms with van der Waals surface area (Å²) in [6.45, 7) is 2.29. The van der Waals surface area contributed by atoms with Crippen molar-refractivity contribution in [2.45, 2.75) is 25.8 Å². The molecule has 1 amide bonds. The summed E-state index contributed by atoms with van der Waals surface area (Å²) in [5, 5.41) is 0.